The van der Waals surface area contributed by atoms with Gasteiger partial charge < -0.3 is 15.2 Å². The van der Waals surface area contributed by atoms with E-state index >= 15 is 0 Å². The number of hydrogen-bond donors (Lipinski definition) is 1. The molecular formula is C28H28FNO5. The summed E-state index contributed by atoms with van der Waals surface area (Å²) in [7, 11) is 0. The molecule has 0 saturated carbocycles. The summed E-state index contributed by atoms with van der Waals surface area (Å²) in [5.74, 6) is 0.134. The summed E-state index contributed by atoms with van der Waals surface area (Å²) in [5, 5.41) is 0. The number of amides is 1. The fourth-order valence-corrected chi connectivity index (χ4v) is 3.83. The van der Waals surface area contributed by atoms with Crippen molar-refractivity contribution >= 4 is 18.2 Å². The topological polar surface area (TPSA) is 95.7 Å². The summed E-state index contributed by atoms with van der Waals surface area (Å²) in [4.78, 5) is 35.5. The van der Waals surface area contributed by atoms with Crippen LogP contribution in [0.25, 0.3) is 0 Å². The van der Waals surface area contributed by atoms with Gasteiger partial charge in [-0.15, -0.1) is 0 Å². The summed E-state index contributed by atoms with van der Waals surface area (Å²) < 4.78 is 25.4. The van der Waals surface area contributed by atoms with Crippen LogP contribution in [0.15, 0.2) is 60.7 Å². The molecule has 7 heteroatoms. The second kappa shape index (κ2) is 11.0. The van der Waals surface area contributed by atoms with Gasteiger partial charge in [-0.05, 0) is 79.4 Å². The average molecular weight is 478 g/mol. The molecule has 182 valence electrons. The zero-order valence-electron chi connectivity index (χ0n) is 20.0. The van der Waals surface area contributed by atoms with E-state index in [1.807, 2.05) is 6.92 Å². The first-order valence-corrected chi connectivity index (χ1v) is 11.3. The van der Waals surface area contributed by atoms with E-state index in [9.17, 15) is 18.8 Å². The Morgan fingerprint density at radius 2 is 1.86 bits per heavy atom. The van der Waals surface area contributed by atoms with Gasteiger partial charge in [-0.1, -0.05) is 31.5 Å². The van der Waals surface area contributed by atoms with Crippen molar-refractivity contribution in [3.05, 3.63) is 94.3 Å². The molecule has 2 N–H and O–H groups in total. The molecule has 1 atom stereocenters. The second-order valence-corrected chi connectivity index (χ2v) is 8.66. The molecule has 6 nitrogen and oxygen atoms in total. The quantitative estimate of drug-likeness (QED) is 0.298. The lowest BCUT2D eigenvalue weighted by molar-refractivity contribution is -0.122. The van der Waals surface area contributed by atoms with E-state index in [1.54, 1.807) is 55.5 Å². The molecule has 0 heterocycles. The molecular weight excluding hydrogens is 449 g/mol. The summed E-state index contributed by atoms with van der Waals surface area (Å²) in [5.41, 5.74) is 6.34. The molecule has 0 aliphatic heterocycles. The Morgan fingerprint density at radius 1 is 1.09 bits per heavy atom. The molecule has 0 saturated heterocycles. The number of aryl methyl sites for hydroxylation is 2. The van der Waals surface area contributed by atoms with Crippen molar-refractivity contribution in [2.24, 2.45) is 5.73 Å². The third-order valence-corrected chi connectivity index (χ3v) is 5.48. The number of ketones is 1. The van der Waals surface area contributed by atoms with Crippen molar-refractivity contribution < 1.29 is 28.2 Å². The first kappa shape index (κ1) is 25.6. The van der Waals surface area contributed by atoms with E-state index in [1.165, 1.54) is 19.1 Å². The van der Waals surface area contributed by atoms with Crippen molar-refractivity contribution in [3.8, 4) is 11.5 Å². The third kappa shape index (κ3) is 6.53. The lowest BCUT2D eigenvalue weighted by Crippen LogP contribution is -2.37. The van der Waals surface area contributed by atoms with Gasteiger partial charge in [0.1, 0.15) is 17.3 Å². The maximum absolute atomic E-state index is 14.4. The summed E-state index contributed by atoms with van der Waals surface area (Å²) in [6.45, 7) is 5.25. The number of rotatable bonds is 10. The number of nitrogens with two attached hydrogens (primary N) is 1. The molecule has 0 bridgehead atoms. The highest BCUT2D eigenvalue weighted by Gasteiger charge is 2.28. The van der Waals surface area contributed by atoms with Crippen LogP contribution in [-0.2, 0) is 22.4 Å². The predicted molar refractivity (Wildman–Crippen MR) is 130 cm³/mol. The van der Waals surface area contributed by atoms with Crippen LogP contribution in [0.3, 0.4) is 0 Å². The maximum Gasteiger partial charge on any atom is 0.405 e. The number of halogens is 1. The minimum absolute atomic E-state index is 0.0239. The van der Waals surface area contributed by atoms with Crippen LogP contribution >= 0.6 is 0 Å². The molecule has 3 rings (SSSR count). The number of hydrogen-bond acceptors (Lipinski definition) is 5. The molecule has 3 aromatic carbocycles. The number of carbonyl (C=O) groups excluding carboxylic acids is 3. The van der Waals surface area contributed by atoms with Crippen LogP contribution in [0.1, 0.15) is 52.9 Å². The first-order chi connectivity index (χ1) is 16.6. The molecule has 3 aromatic rings. The van der Waals surface area contributed by atoms with Gasteiger partial charge in [-0.2, -0.15) is 0 Å². The summed E-state index contributed by atoms with van der Waals surface area (Å²) in [6.07, 6.45) is 1.10. The van der Waals surface area contributed by atoms with Crippen molar-refractivity contribution in [1.29, 1.82) is 0 Å². The van der Waals surface area contributed by atoms with Crippen LogP contribution in [0.5, 0.6) is 11.5 Å². The van der Waals surface area contributed by atoms with Crippen LogP contribution in [0.4, 0.5) is 9.18 Å². The van der Waals surface area contributed by atoms with Crippen LogP contribution < -0.4 is 10.5 Å². The fourth-order valence-electron chi connectivity index (χ4n) is 3.83. The van der Waals surface area contributed by atoms with Crippen molar-refractivity contribution in [3.63, 3.8) is 0 Å². The van der Waals surface area contributed by atoms with Gasteiger partial charge in [0.15, 0.2) is 17.7 Å². The molecule has 0 fully saturated rings. The molecule has 1 amide bonds. The molecule has 0 aliphatic rings. The molecule has 0 radical (unpaired) electrons. The van der Waals surface area contributed by atoms with E-state index < -0.39 is 23.3 Å². The van der Waals surface area contributed by atoms with Gasteiger partial charge in [-0.3, -0.25) is 9.59 Å². The predicted octanol–water partition coefficient (Wildman–Crippen LogP) is 5.71. The minimum atomic E-state index is -1.40. The Labute approximate surface area is 203 Å². The highest BCUT2D eigenvalue weighted by Crippen LogP contribution is 2.30. The molecule has 0 aliphatic carbocycles. The Bertz CT molecular complexity index is 1260. The first-order valence-electron chi connectivity index (χ1n) is 11.3. The van der Waals surface area contributed by atoms with Gasteiger partial charge in [-0.25, -0.2) is 9.18 Å². The number of benzene rings is 3. The van der Waals surface area contributed by atoms with Crippen molar-refractivity contribution in [1.82, 2.24) is 0 Å². The van der Waals surface area contributed by atoms with E-state index in [-0.39, 0.29) is 12.0 Å². The highest BCUT2D eigenvalue weighted by atomic mass is 19.1. The Hall–Kier alpha value is -4.00. The van der Waals surface area contributed by atoms with Gasteiger partial charge >= 0.3 is 6.09 Å². The fraction of sp³-hybridized carbons (Fsp3) is 0.250. The SMILES string of the molecule is CCCc1cc(C(=O)c2ccc(C)cc2F)ccc1Oc1cccc(C[C@](C)(C=O)OC(N)=O)c1. The van der Waals surface area contributed by atoms with Crippen LogP contribution in [0.2, 0.25) is 0 Å². The second-order valence-electron chi connectivity index (χ2n) is 8.66. The lowest BCUT2D eigenvalue weighted by atomic mass is 9.97. The lowest BCUT2D eigenvalue weighted by Gasteiger charge is -2.22. The van der Waals surface area contributed by atoms with Gasteiger partial charge in [0.2, 0.25) is 0 Å². The third-order valence-electron chi connectivity index (χ3n) is 5.48. The smallest absolute Gasteiger partial charge is 0.405 e. The largest absolute Gasteiger partial charge is 0.457 e. The zero-order valence-corrected chi connectivity index (χ0v) is 20.0. The molecule has 35 heavy (non-hydrogen) atoms. The van der Waals surface area contributed by atoms with Crippen LogP contribution in [0, 0.1) is 12.7 Å². The Balaban J connectivity index is 1.86. The van der Waals surface area contributed by atoms with Gasteiger partial charge in [0.25, 0.3) is 0 Å². The van der Waals surface area contributed by atoms with Crippen molar-refractivity contribution in [2.45, 2.75) is 45.6 Å². The molecule has 0 aromatic heterocycles. The zero-order chi connectivity index (χ0) is 25.6. The average Bonchev–Trinajstić information content (AvgIpc) is 2.79. The van der Waals surface area contributed by atoms with E-state index in [0.29, 0.717) is 35.3 Å². The number of aldehydes is 1. The number of carbonyl (C=O) groups is 3. The van der Waals surface area contributed by atoms with E-state index in [0.717, 1.165) is 17.5 Å². The highest BCUT2D eigenvalue weighted by molar-refractivity contribution is 6.09. The van der Waals surface area contributed by atoms with E-state index in [4.69, 9.17) is 15.2 Å². The Morgan fingerprint density at radius 3 is 2.51 bits per heavy atom. The summed E-state index contributed by atoms with van der Waals surface area (Å²) >= 11 is 0. The maximum atomic E-state index is 14.4. The van der Waals surface area contributed by atoms with E-state index in [2.05, 4.69) is 0 Å². The monoisotopic (exact) mass is 477 g/mol. The van der Waals surface area contributed by atoms with Gasteiger partial charge in [0, 0.05) is 12.0 Å². The normalized spacial score (nSPS) is 12.5. The summed E-state index contributed by atoms with van der Waals surface area (Å²) in [6, 6.07) is 16.6. The standard InChI is InChI=1S/C28H28FNO5/c1-4-6-20-15-21(26(32)23-11-9-18(2)13-24(23)29)10-12-25(20)34-22-8-5-7-19(14-22)16-28(3,17-31)35-27(30)33/h5,7-15,17H,4,6,16H2,1-3H3,(H2,30,33)/t28-/m1/s1. The Kier molecular flexibility index (Phi) is 8.02. The molecule has 0 unspecified atom stereocenters. The van der Waals surface area contributed by atoms with Crippen LogP contribution in [-0.4, -0.2) is 23.8 Å². The number of primary amides is 1. The van der Waals surface area contributed by atoms with Crippen molar-refractivity contribution in [2.75, 3.05) is 0 Å². The number of ether oxygens (including phenoxy) is 2. The molecule has 0 spiro atoms. The van der Waals surface area contributed by atoms with Gasteiger partial charge in [0.05, 0.1) is 5.56 Å². The minimum Gasteiger partial charge on any atom is -0.457 e.